The molecule has 1 N–H and O–H groups in total. The van der Waals surface area contributed by atoms with Crippen LogP contribution in [0.4, 0.5) is 5.69 Å². The highest BCUT2D eigenvalue weighted by Crippen LogP contribution is 2.36. The summed E-state index contributed by atoms with van der Waals surface area (Å²) in [5.41, 5.74) is 6.08. The van der Waals surface area contributed by atoms with Crippen molar-refractivity contribution in [3.8, 4) is 5.75 Å². The lowest BCUT2D eigenvalue weighted by atomic mass is 10.1. The molecule has 5 heteroatoms. The summed E-state index contributed by atoms with van der Waals surface area (Å²) in [6, 6.07) is 12.8. The predicted octanol–water partition coefficient (Wildman–Crippen LogP) is 3.63. The standard InChI is InChI=1S/C19H21N3OS/c1-14-2-4-15(5-3-14)12-21-8-10-22(11-9-21)16-6-7-17-18(19(16)23)20-13-24-17/h2-7,13,23H,8-12H2,1H3. The van der Waals surface area contributed by atoms with Gasteiger partial charge < -0.3 is 10.0 Å². The molecule has 3 aromatic rings. The maximum atomic E-state index is 10.5. The Labute approximate surface area is 146 Å². The minimum atomic E-state index is 0.320. The average molecular weight is 339 g/mol. The van der Waals surface area contributed by atoms with E-state index >= 15 is 0 Å². The molecule has 0 radical (unpaired) electrons. The van der Waals surface area contributed by atoms with Crippen LogP contribution in [0.1, 0.15) is 11.1 Å². The van der Waals surface area contributed by atoms with Crippen LogP contribution in [0.2, 0.25) is 0 Å². The zero-order valence-electron chi connectivity index (χ0n) is 13.8. The number of rotatable bonds is 3. The molecule has 0 bridgehead atoms. The number of phenolic OH excluding ortho intramolecular Hbond substituents is 1. The zero-order valence-corrected chi connectivity index (χ0v) is 14.6. The van der Waals surface area contributed by atoms with Crippen LogP contribution in [0, 0.1) is 6.92 Å². The Morgan fingerprint density at radius 1 is 1.04 bits per heavy atom. The Bertz CT molecular complexity index is 835. The lowest BCUT2D eigenvalue weighted by molar-refractivity contribution is 0.249. The summed E-state index contributed by atoms with van der Waals surface area (Å²) in [5, 5.41) is 10.5. The second-order valence-electron chi connectivity index (χ2n) is 6.38. The Morgan fingerprint density at radius 3 is 2.54 bits per heavy atom. The van der Waals surface area contributed by atoms with E-state index in [-0.39, 0.29) is 0 Å². The van der Waals surface area contributed by atoms with Gasteiger partial charge >= 0.3 is 0 Å². The van der Waals surface area contributed by atoms with Crippen LogP contribution in [0.5, 0.6) is 5.75 Å². The number of fused-ring (bicyclic) bond motifs is 1. The molecule has 1 aliphatic heterocycles. The van der Waals surface area contributed by atoms with Crippen molar-refractivity contribution in [2.75, 3.05) is 31.1 Å². The first-order valence-electron chi connectivity index (χ1n) is 8.29. The first kappa shape index (κ1) is 15.4. The van der Waals surface area contributed by atoms with E-state index in [0.717, 1.165) is 48.6 Å². The van der Waals surface area contributed by atoms with E-state index in [0.29, 0.717) is 5.75 Å². The van der Waals surface area contributed by atoms with Gasteiger partial charge in [0.1, 0.15) is 5.52 Å². The van der Waals surface area contributed by atoms with Crippen LogP contribution in [-0.2, 0) is 6.54 Å². The Morgan fingerprint density at radius 2 is 1.79 bits per heavy atom. The molecular weight excluding hydrogens is 318 g/mol. The first-order valence-corrected chi connectivity index (χ1v) is 9.17. The Hall–Kier alpha value is -2.11. The van der Waals surface area contributed by atoms with Gasteiger partial charge in [0.15, 0.2) is 5.75 Å². The van der Waals surface area contributed by atoms with Gasteiger partial charge in [0.2, 0.25) is 0 Å². The molecule has 2 heterocycles. The van der Waals surface area contributed by atoms with Gasteiger partial charge in [-0.15, -0.1) is 11.3 Å². The molecule has 4 rings (SSSR count). The summed E-state index contributed by atoms with van der Waals surface area (Å²) in [4.78, 5) is 9.02. The molecule has 0 amide bonds. The highest BCUT2D eigenvalue weighted by atomic mass is 32.1. The molecule has 0 aliphatic carbocycles. The molecule has 24 heavy (non-hydrogen) atoms. The molecule has 1 aromatic heterocycles. The third-order valence-corrected chi connectivity index (χ3v) is 5.49. The maximum Gasteiger partial charge on any atom is 0.166 e. The van der Waals surface area contributed by atoms with Crippen molar-refractivity contribution in [3.63, 3.8) is 0 Å². The smallest absolute Gasteiger partial charge is 0.166 e. The maximum absolute atomic E-state index is 10.5. The molecule has 0 saturated carbocycles. The number of hydrogen-bond acceptors (Lipinski definition) is 5. The molecule has 0 spiro atoms. The number of aromatic hydroxyl groups is 1. The normalized spacial score (nSPS) is 16.0. The van der Waals surface area contributed by atoms with Crippen LogP contribution >= 0.6 is 11.3 Å². The first-order chi connectivity index (χ1) is 11.7. The van der Waals surface area contributed by atoms with Crippen molar-refractivity contribution in [2.45, 2.75) is 13.5 Å². The second-order valence-corrected chi connectivity index (χ2v) is 7.27. The number of aryl methyl sites for hydroxylation is 1. The number of anilines is 1. The Kier molecular flexibility index (Phi) is 4.12. The molecule has 1 fully saturated rings. The number of hydrogen-bond donors (Lipinski definition) is 1. The van der Waals surface area contributed by atoms with Crippen molar-refractivity contribution in [3.05, 3.63) is 53.0 Å². The fourth-order valence-corrected chi connectivity index (χ4v) is 3.94. The SMILES string of the molecule is Cc1ccc(CN2CCN(c3ccc4scnc4c3O)CC2)cc1. The average Bonchev–Trinajstić information content (AvgIpc) is 3.08. The van der Waals surface area contributed by atoms with E-state index in [1.54, 1.807) is 16.8 Å². The molecule has 124 valence electrons. The minimum absolute atomic E-state index is 0.320. The van der Waals surface area contributed by atoms with E-state index in [2.05, 4.69) is 52.0 Å². The van der Waals surface area contributed by atoms with Crippen LogP contribution in [0.15, 0.2) is 41.9 Å². The van der Waals surface area contributed by atoms with Gasteiger partial charge in [-0.25, -0.2) is 4.98 Å². The van der Waals surface area contributed by atoms with Crippen molar-refractivity contribution >= 4 is 27.2 Å². The Balaban J connectivity index is 1.43. The zero-order chi connectivity index (χ0) is 16.5. The minimum Gasteiger partial charge on any atom is -0.504 e. The van der Waals surface area contributed by atoms with Gasteiger partial charge in [0, 0.05) is 32.7 Å². The van der Waals surface area contributed by atoms with Crippen molar-refractivity contribution in [2.24, 2.45) is 0 Å². The van der Waals surface area contributed by atoms with Crippen molar-refractivity contribution < 1.29 is 5.11 Å². The number of nitrogens with zero attached hydrogens (tertiary/aromatic N) is 3. The molecule has 4 nitrogen and oxygen atoms in total. The third-order valence-electron chi connectivity index (χ3n) is 4.69. The van der Waals surface area contributed by atoms with E-state index in [4.69, 9.17) is 0 Å². The summed E-state index contributed by atoms with van der Waals surface area (Å²) >= 11 is 1.56. The van der Waals surface area contributed by atoms with Gasteiger partial charge in [0.25, 0.3) is 0 Å². The monoisotopic (exact) mass is 339 g/mol. The summed E-state index contributed by atoms with van der Waals surface area (Å²) in [7, 11) is 0. The van der Waals surface area contributed by atoms with Gasteiger partial charge in [0.05, 0.1) is 15.9 Å². The number of phenols is 1. The highest BCUT2D eigenvalue weighted by Gasteiger charge is 2.21. The fourth-order valence-electron chi connectivity index (χ4n) is 3.26. The highest BCUT2D eigenvalue weighted by molar-refractivity contribution is 7.16. The van der Waals surface area contributed by atoms with Crippen molar-refractivity contribution in [1.82, 2.24) is 9.88 Å². The van der Waals surface area contributed by atoms with E-state index in [1.165, 1.54) is 11.1 Å². The van der Waals surface area contributed by atoms with Crippen LogP contribution < -0.4 is 4.90 Å². The topological polar surface area (TPSA) is 39.6 Å². The number of aromatic nitrogens is 1. The largest absolute Gasteiger partial charge is 0.504 e. The van der Waals surface area contributed by atoms with Crippen molar-refractivity contribution in [1.29, 1.82) is 0 Å². The van der Waals surface area contributed by atoms with E-state index in [9.17, 15) is 5.11 Å². The molecule has 1 aliphatic rings. The second kappa shape index (κ2) is 6.42. The fraction of sp³-hybridized carbons (Fsp3) is 0.316. The van der Waals surface area contributed by atoms with E-state index < -0.39 is 0 Å². The number of piperazine rings is 1. The number of thiazole rings is 1. The van der Waals surface area contributed by atoms with E-state index in [1.807, 2.05) is 6.07 Å². The predicted molar refractivity (Wildman–Crippen MR) is 100.0 cm³/mol. The molecule has 0 atom stereocenters. The number of benzene rings is 2. The quantitative estimate of drug-likeness (QED) is 0.791. The van der Waals surface area contributed by atoms with Crippen LogP contribution in [-0.4, -0.2) is 41.2 Å². The van der Waals surface area contributed by atoms with Gasteiger partial charge in [-0.2, -0.15) is 0 Å². The summed E-state index contributed by atoms with van der Waals surface area (Å²) in [5.74, 6) is 0.320. The lowest BCUT2D eigenvalue weighted by Crippen LogP contribution is -2.46. The summed E-state index contributed by atoms with van der Waals surface area (Å²) in [6.07, 6.45) is 0. The molecule has 1 saturated heterocycles. The van der Waals surface area contributed by atoms with Crippen LogP contribution in [0.3, 0.4) is 0 Å². The molecule has 2 aromatic carbocycles. The third kappa shape index (κ3) is 2.97. The van der Waals surface area contributed by atoms with Crippen LogP contribution in [0.25, 0.3) is 10.2 Å². The lowest BCUT2D eigenvalue weighted by Gasteiger charge is -2.36. The van der Waals surface area contributed by atoms with Gasteiger partial charge in [-0.1, -0.05) is 29.8 Å². The van der Waals surface area contributed by atoms with Gasteiger partial charge in [-0.05, 0) is 24.6 Å². The molecular formula is C19H21N3OS. The summed E-state index contributed by atoms with van der Waals surface area (Å²) < 4.78 is 1.04. The van der Waals surface area contributed by atoms with Gasteiger partial charge in [-0.3, -0.25) is 4.90 Å². The summed E-state index contributed by atoms with van der Waals surface area (Å²) in [6.45, 7) is 6.97. The molecule has 0 unspecified atom stereocenters.